The lowest BCUT2D eigenvalue weighted by Crippen LogP contribution is -2.33. The Balaban J connectivity index is 1.43. The molecule has 0 saturated heterocycles. The predicted molar refractivity (Wildman–Crippen MR) is 129 cm³/mol. The van der Waals surface area contributed by atoms with Crippen molar-refractivity contribution in [1.82, 2.24) is 14.5 Å². The lowest BCUT2D eigenvalue weighted by molar-refractivity contribution is 0.102. The number of amides is 1. The highest BCUT2D eigenvalue weighted by molar-refractivity contribution is 7.89. The molecule has 0 fully saturated rings. The Bertz CT molecular complexity index is 1270. The number of ether oxygens (including phenoxy) is 2. The van der Waals surface area contributed by atoms with E-state index in [9.17, 15) is 13.2 Å². The summed E-state index contributed by atoms with van der Waals surface area (Å²) in [6, 6.07) is 10.9. The molecule has 1 amide bonds. The fraction of sp³-hybridized carbons (Fsp3) is 0.375. The van der Waals surface area contributed by atoms with Crippen molar-refractivity contribution in [2.45, 2.75) is 44.4 Å². The quantitative estimate of drug-likeness (QED) is 0.413. The zero-order valence-corrected chi connectivity index (χ0v) is 20.5. The number of rotatable bonds is 11. The van der Waals surface area contributed by atoms with Crippen LogP contribution < -0.4 is 14.8 Å². The Labute approximate surface area is 204 Å². The first-order valence-electron chi connectivity index (χ1n) is 11.6. The molecule has 0 saturated carbocycles. The monoisotopic (exact) mass is 500 g/mol. The van der Waals surface area contributed by atoms with Crippen LogP contribution in [-0.4, -0.2) is 48.7 Å². The number of aromatic nitrogens is 2. The van der Waals surface area contributed by atoms with Gasteiger partial charge in [-0.1, -0.05) is 31.8 Å². The minimum Gasteiger partial charge on any atom is -0.454 e. The second-order valence-corrected chi connectivity index (χ2v) is 10.0. The van der Waals surface area contributed by atoms with E-state index in [-0.39, 0.29) is 29.2 Å². The van der Waals surface area contributed by atoms with Gasteiger partial charge in [0.15, 0.2) is 11.5 Å². The maximum absolute atomic E-state index is 13.1. The van der Waals surface area contributed by atoms with Gasteiger partial charge in [-0.15, -0.1) is 5.10 Å². The number of fused-ring (bicyclic) bond motifs is 1. The van der Waals surface area contributed by atoms with Crippen molar-refractivity contribution in [1.29, 1.82) is 0 Å². The van der Waals surface area contributed by atoms with Crippen LogP contribution in [-0.2, 0) is 10.0 Å². The molecule has 0 bridgehead atoms. The van der Waals surface area contributed by atoms with Crippen LogP contribution in [0.4, 0.5) is 6.01 Å². The highest BCUT2D eigenvalue weighted by atomic mass is 32.2. The van der Waals surface area contributed by atoms with E-state index < -0.39 is 15.9 Å². The number of unbranched alkanes of at least 4 members (excludes halogenated alkanes) is 2. The van der Waals surface area contributed by atoms with Crippen molar-refractivity contribution >= 4 is 21.9 Å². The number of sulfonamides is 1. The van der Waals surface area contributed by atoms with E-state index in [1.807, 2.05) is 13.8 Å². The molecule has 186 valence electrons. The molecule has 10 nitrogen and oxygen atoms in total. The predicted octanol–water partition coefficient (Wildman–Crippen LogP) is 4.31. The summed E-state index contributed by atoms with van der Waals surface area (Å²) < 4.78 is 43.9. The molecular formula is C24H28N4O6S. The Morgan fingerprint density at radius 2 is 1.66 bits per heavy atom. The smallest absolute Gasteiger partial charge is 0.322 e. The third kappa shape index (κ3) is 5.63. The van der Waals surface area contributed by atoms with E-state index >= 15 is 0 Å². The van der Waals surface area contributed by atoms with Crippen LogP contribution in [0, 0.1) is 0 Å². The van der Waals surface area contributed by atoms with Crippen LogP contribution in [0.2, 0.25) is 0 Å². The molecule has 1 aliphatic heterocycles. The summed E-state index contributed by atoms with van der Waals surface area (Å²) in [4.78, 5) is 12.8. The van der Waals surface area contributed by atoms with E-state index in [1.165, 1.54) is 28.6 Å². The van der Waals surface area contributed by atoms with Gasteiger partial charge in [-0.25, -0.2) is 8.42 Å². The Hall–Kier alpha value is -3.44. The second kappa shape index (κ2) is 10.9. The molecule has 11 heteroatoms. The van der Waals surface area contributed by atoms with E-state index in [0.717, 1.165) is 25.7 Å². The number of carbonyl (C=O) groups excluding carboxylic acids is 1. The fourth-order valence-corrected chi connectivity index (χ4v) is 5.05. The summed E-state index contributed by atoms with van der Waals surface area (Å²) in [6.45, 7) is 5.16. The number of hydrogen-bond acceptors (Lipinski definition) is 8. The first kappa shape index (κ1) is 24.7. The minimum absolute atomic E-state index is 0.0790. The van der Waals surface area contributed by atoms with E-state index in [4.69, 9.17) is 13.9 Å². The van der Waals surface area contributed by atoms with Crippen LogP contribution in [0.25, 0.3) is 11.5 Å². The summed E-state index contributed by atoms with van der Waals surface area (Å²) in [5.74, 6) is 0.915. The largest absolute Gasteiger partial charge is 0.454 e. The molecule has 0 atom stereocenters. The average molecular weight is 501 g/mol. The standard InChI is InChI=1S/C24H28N4O6S/c1-3-5-13-28(14-6-4-2)35(30,31)19-10-7-17(8-11-19)22(29)25-24-27-26-23(34-24)18-9-12-20-21(15-18)33-16-32-20/h7-12,15H,3-6,13-14,16H2,1-2H3,(H,25,27,29). The van der Waals surface area contributed by atoms with Gasteiger partial charge < -0.3 is 13.9 Å². The SMILES string of the molecule is CCCCN(CCCC)S(=O)(=O)c1ccc(C(=O)Nc2nnc(-c3ccc4c(c3)OCO4)o2)cc1. The van der Waals surface area contributed by atoms with Gasteiger partial charge in [0.05, 0.1) is 4.90 Å². The number of carbonyl (C=O) groups is 1. The van der Waals surface area contributed by atoms with Gasteiger partial charge in [0.2, 0.25) is 22.7 Å². The molecule has 1 N–H and O–H groups in total. The number of hydrogen-bond donors (Lipinski definition) is 1. The van der Waals surface area contributed by atoms with Crippen molar-refractivity contribution in [2.24, 2.45) is 0 Å². The molecule has 0 unspecified atom stereocenters. The third-order valence-electron chi connectivity index (χ3n) is 5.54. The van der Waals surface area contributed by atoms with Gasteiger partial charge in [-0.2, -0.15) is 4.31 Å². The van der Waals surface area contributed by atoms with Gasteiger partial charge >= 0.3 is 6.01 Å². The average Bonchev–Trinajstić information content (AvgIpc) is 3.53. The molecule has 0 aliphatic carbocycles. The van der Waals surface area contributed by atoms with Crippen molar-refractivity contribution in [3.63, 3.8) is 0 Å². The molecule has 1 aliphatic rings. The highest BCUT2D eigenvalue weighted by Gasteiger charge is 2.24. The Kier molecular flexibility index (Phi) is 7.67. The van der Waals surface area contributed by atoms with Gasteiger partial charge in [0, 0.05) is 24.2 Å². The molecule has 35 heavy (non-hydrogen) atoms. The number of nitrogens with zero attached hydrogens (tertiary/aromatic N) is 3. The van der Waals surface area contributed by atoms with Crippen molar-refractivity contribution in [3.05, 3.63) is 48.0 Å². The summed E-state index contributed by atoms with van der Waals surface area (Å²) in [7, 11) is -3.64. The fourth-order valence-electron chi connectivity index (χ4n) is 3.54. The number of nitrogens with one attached hydrogen (secondary N) is 1. The van der Waals surface area contributed by atoms with Crippen LogP contribution >= 0.6 is 0 Å². The lowest BCUT2D eigenvalue weighted by atomic mass is 10.2. The van der Waals surface area contributed by atoms with Crippen molar-refractivity contribution in [3.8, 4) is 23.0 Å². The first-order chi connectivity index (χ1) is 16.9. The van der Waals surface area contributed by atoms with Crippen LogP contribution in [0.3, 0.4) is 0 Å². The summed E-state index contributed by atoms with van der Waals surface area (Å²) in [5.41, 5.74) is 0.882. The zero-order chi connectivity index (χ0) is 24.8. The van der Waals surface area contributed by atoms with Gasteiger partial charge in [-0.3, -0.25) is 10.1 Å². The Morgan fingerprint density at radius 3 is 2.34 bits per heavy atom. The molecule has 3 aromatic rings. The van der Waals surface area contributed by atoms with Crippen LogP contribution in [0.15, 0.2) is 51.8 Å². The molecular weight excluding hydrogens is 472 g/mol. The molecule has 4 rings (SSSR count). The maximum atomic E-state index is 13.1. The summed E-state index contributed by atoms with van der Waals surface area (Å²) in [6.07, 6.45) is 3.40. The van der Waals surface area contributed by atoms with Crippen molar-refractivity contribution in [2.75, 3.05) is 25.2 Å². The van der Waals surface area contributed by atoms with Gasteiger partial charge in [-0.05, 0) is 55.3 Å². The Morgan fingerprint density at radius 1 is 0.971 bits per heavy atom. The molecule has 0 spiro atoms. The summed E-state index contributed by atoms with van der Waals surface area (Å²) in [5, 5.41) is 10.4. The molecule has 1 aromatic heterocycles. The topological polar surface area (TPSA) is 124 Å². The van der Waals surface area contributed by atoms with Gasteiger partial charge in [0.1, 0.15) is 0 Å². The number of anilines is 1. The highest BCUT2D eigenvalue weighted by Crippen LogP contribution is 2.35. The lowest BCUT2D eigenvalue weighted by Gasteiger charge is -2.22. The third-order valence-corrected chi connectivity index (χ3v) is 7.45. The normalized spacial score (nSPS) is 12.8. The summed E-state index contributed by atoms with van der Waals surface area (Å²) >= 11 is 0. The number of benzene rings is 2. The maximum Gasteiger partial charge on any atom is 0.322 e. The molecule has 2 aromatic carbocycles. The van der Waals surface area contributed by atoms with E-state index in [1.54, 1.807) is 18.2 Å². The minimum atomic E-state index is -3.64. The van der Waals surface area contributed by atoms with E-state index in [0.29, 0.717) is 30.2 Å². The van der Waals surface area contributed by atoms with Gasteiger partial charge in [0.25, 0.3) is 5.91 Å². The zero-order valence-electron chi connectivity index (χ0n) is 19.7. The first-order valence-corrected chi connectivity index (χ1v) is 13.0. The molecule has 2 heterocycles. The van der Waals surface area contributed by atoms with E-state index in [2.05, 4.69) is 15.5 Å². The van der Waals surface area contributed by atoms with Crippen LogP contribution in [0.5, 0.6) is 11.5 Å². The molecule has 0 radical (unpaired) electrons. The second-order valence-electron chi connectivity index (χ2n) is 8.07. The van der Waals surface area contributed by atoms with Crippen LogP contribution in [0.1, 0.15) is 49.9 Å². The van der Waals surface area contributed by atoms with Crippen molar-refractivity contribution < 1.29 is 27.1 Å².